The molecule has 62 valence electrons. The number of halogens is 1. The van der Waals surface area contributed by atoms with Crippen LogP contribution in [-0.4, -0.2) is 4.98 Å². The van der Waals surface area contributed by atoms with E-state index in [1.807, 2.05) is 0 Å². The molecule has 2 aromatic rings. The molecule has 3 heteroatoms. The summed E-state index contributed by atoms with van der Waals surface area (Å²) in [7, 11) is 0. The van der Waals surface area contributed by atoms with Gasteiger partial charge in [0.15, 0.2) is 0 Å². The van der Waals surface area contributed by atoms with Crippen LogP contribution in [0.1, 0.15) is 5.56 Å². The number of rotatable bonds is 0. The first-order valence-corrected chi connectivity index (χ1v) is 3.74. The highest BCUT2D eigenvalue weighted by Gasteiger charge is 2.02. The van der Waals surface area contributed by atoms with Gasteiger partial charge in [-0.1, -0.05) is 0 Å². The van der Waals surface area contributed by atoms with Crippen molar-refractivity contribution in [2.24, 2.45) is 0 Å². The topological polar surface area (TPSA) is 36.7 Å². The molecule has 0 fully saturated rings. The van der Waals surface area contributed by atoms with Crippen molar-refractivity contribution in [3.8, 4) is 6.07 Å². The number of hydrogen-bond donors (Lipinski definition) is 0. The minimum atomic E-state index is -0.497. The fraction of sp³-hybridized carbons (Fsp3) is 0. The Balaban J connectivity index is 2.83. The van der Waals surface area contributed by atoms with Gasteiger partial charge in [0, 0.05) is 17.8 Å². The molecule has 0 saturated carbocycles. The average molecular weight is 172 g/mol. The molecule has 1 aromatic heterocycles. The summed E-state index contributed by atoms with van der Waals surface area (Å²) in [6.45, 7) is 0. The van der Waals surface area contributed by atoms with E-state index in [-0.39, 0.29) is 5.56 Å². The van der Waals surface area contributed by atoms with Gasteiger partial charge in [-0.3, -0.25) is 4.98 Å². The quantitative estimate of drug-likeness (QED) is 0.611. The van der Waals surface area contributed by atoms with Crippen LogP contribution in [0.25, 0.3) is 10.8 Å². The van der Waals surface area contributed by atoms with Crippen molar-refractivity contribution in [2.45, 2.75) is 0 Å². The maximum Gasteiger partial charge on any atom is 0.141 e. The number of nitriles is 1. The van der Waals surface area contributed by atoms with Gasteiger partial charge in [-0.15, -0.1) is 0 Å². The Morgan fingerprint density at radius 2 is 2.15 bits per heavy atom. The molecular formula is C10H5FN2. The summed E-state index contributed by atoms with van der Waals surface area (Å²) in [6.07, 6.45) is 3.18. The Labute approximate surface area is 74.3 Å². The third-order valence-corrected chi connectivity index (χ3v) is 1.85. The van der Waals surface area contributed by atoms with Crippen molar-refractivity contribution < 1.29 is 4.39 Å². The lowest BCUT2D eigenvalue weighted by Gasteiger charge is -1.97. The summed E-state index contributed by atoms with van der Waals surface area (Å²) in [5, 5.41) is 10.1. The first-order chi connectivity index (χ1) is 6.31. The monoisotopic (exact) mass is 172 g/mol. The Bertz CT molecular complexity index is 500. The van der Waals surface area contributed by atoms with Gasteiger partial charge in [0.2, 0.25) is 0 Å². The highest BCUT2D eigenvalue weighted by Crippen LogP contribution is 2.17. The van der Waals surface area contributed by atoms with Crippen LogP contribution in [0.2, 0.25) is 0 Å². The molecule has 13 heavy (non-hydrogen) atoms. The fourth-order valence-electron chi connectivity index (χ4n) is 1.19. The maximum absolute atomic E-state index is 13.1. The Hall–Kier alpha value is -1.95. The molecule has 1 heterocycles. The Kier molecular flexibility index (Phi) is 1.67. The number of nitrogens with zero attached hydrogens (tertiary/aromatic N) is 2. The van der Waals surface area contributed by atoms with E-state index < -0.39 is 5.82 Å². The Morgan fingerprint density at radius 1 is 1.31 bits per heavy atom. The van der Waals surface area contributed by atoms with Crippen molar-refractivity contribution in [1.29, 1.82) is 5.26 Å². The van der Waals surface area contributed by atoms with Gasteiger partial charge >= 0.3 is 0 Å². The van der Waals surface area contributed by atoms with Crippen LogP contribution in [0.15, 0.2) is 30.6 Å². The van der Waals surface area contributed by atoms with E-state index in [0.717, 1.165) is 5.39 Å². The van der Waals surface area contributed by atoms with Crippen LogP contribution in [0.4, 0.5) is 4.39 Å². The third kappa shape index (κ3) is 1.23. The van der Waals surface area contributed by atoms with E-state index >= 15 is 0 Å². The number of fused-ring (bicyclic) bond motifs is 1. The van der Waals surface area contributed by atoms with Crippen molar-refractivity contribution in [1.82, 2.24) is 4.98 Å². The van der Waals surface area contributed by atoms with E-state index in [4.69, 9.17) is 5.26 Å². The van der Waals surface area contributed by atoms with Crippen LogP contribution < -0.4 is 0 Å². The summed E-state index contributed by atoms with van der Waals surface area (Å²) in [4.78, 5) is 3.86. The molecule has 0 N–H and O–H groups in total. The number of hydrogen-bond acceptors (Lipinski definition) is 2. The zero-order valence-corrected chi connectivity index (χ0v) is 6.66. The molecule has 0 atom stereocenters. The highest BCUT2D eigenvalue weighted by atomic mass is 19.1. The van der Waals surface area contributed by atoms with E-state index in [0.29, 0.717) is 5.39 Å². The molecule has 2 nitrogen and oxygen atoms in total. The molecule has 0 saturated heterocycles. The van der Waals surface area contributed by atoms with Crippen molar-refractivity contribution in [3.63, 3.8) is 0 Å². The molecular weight excluding hydrogens is 167 g/mol. The maximum atomic E-state index is 13.1. The lowest BCUT2D eigenvalue weighted by atomic mass is 10.1. The zero-order chi connectivity index (χ0) is 9.26. The highest BCUT2D eigenvalue weighted by molar-refractivity contribution is 5.82. The molecule has 0 radical (unpaired) electrons. The summed E-state index contributed by atoms with van der Waals surface area (Å²) in [5.74, 6) is -0.497. The van der Waals surface area contributed by atoms with E-state index in [2.05, 4.69) is 4.98 Å². The summed E-state index contributed by atoms with van der Waals surface area (Å²) in [6, 6.07) is 6.38. The third-order valence-electron chi connectivity index (χ3n) is 1.85. The largest absolute Gasteiger partial charge is 0.264 e. The SMILES string of the molecule is N#Cc1cc2ccncc2cc1F. The van der Waals surface area contributed by atoms with Gasteiger partial charge in [-0.25, -0.2) is 4.39 Å². The first kappa shape index (κ1) is 7.69. The molecule has 2 rings (SSSR count). The summed E-state index contributed by atoms with van der Waals surface area (Å²) < 4.78 is 13.1. The predicted octanol–water partition coefficient (Wildman–Crippen LogP) is 2.25. The molecule has 0 aliphatic heterocycles. The van der Waals surface area contributed by atoms with Gasteiger partial charge in [0.1, 0.15) is 11.9 Å². The lowest BCUT2D eigenvalue weighted by Crippen LogP contribution is -1.84. The minimum Gasteiger partial charge on any atom is -0.264 e. The van der Waals surface area contributed by atoms with Gasteiger partial charge < -0.3 is 0 Å². The predicted molar refractivity (Wildman–Crippen MR) is 46.4 cm³/mol. The van der Waals surface area contributed by atoms with Gasteiger partial charge in [-0.05, 0) is 23.6 Å². The van der Waals surface area contributed by atoms with Crippen molar-refractivity contribution >= 4 is 10.8 Å². The molecule has 0 aliphatic rings. The van der Waals surface area contributed by atoms with E-state index in [1.54, 1.807) is 24.5 Å². The van der Waals surface area contributed by atoms with Crippen LogP contribution >= 0.6 is 0 Å². The van der Waals surface area contributed by atoms with E-state index in [1.165, 1.54) is 12.1 Å². The summed E-state index contributed by atoms with van der Waals surface area (Å²) >= 11 is 0. The minimum absolute atomic E-state index is 0.0682. The first-order valence-electron chi connectivity index (χ1n) is 3.74. The normalized spacial score (nSPS) is 9.85. The van der Waals surface area contributed by atoms with Gasteiger partial charge in [-0.2, -0.15) is 5.26 Å². The molecule has 0 bridgehead atoms. The molecule has 0 aliphatic carbocycles. The van der Waals surface area contributed by atoms with Crippen LogP contribution in [0, 0.1) is 17.1 Å². The second-order valence-corrected chi connectivity index (χ2v) is 2.67. The van der Waals surface area contributed by atoms with Gasteiger partial charge in [0.05, 0.1) is 5.56 Å². The summed E-state index contributed by atoms with van der Waals surface area (Å²) in [5.41, 5.74) is 0.0682. The zero-order valence-electron chi connectivity index (χ0n) is 6.66. The fourth-order valence-corrected chi connectivity index (χ4v) is 1.19. The van der Waals surface area contributed by atoms with E-state index in [9.17, 15) is 4.39 Å². The molecule has 0 unspecified atom stereocenters. The van der Waals surface area contributed by atoms with Crippen molar-refractivity contribution in [3.05, 3.63) is 42.0 Å². The Morgan fingerprint density at radius 3 is 2.92 bits per heavy atom. The van der Waals surface area contributed by atoms with Crippen LogP contribution in [0.5, 0.6) is 0 Å². The standard InChI is InChI=1S/C10H5FN2/c11-10-4-9-6-13-2-1-7(9)3-8(10)5-12/h1-4,6H. The van der Waals surface area contributed by atoms with Crippen molar-refractivity contribution in [2.75, 3.05) is 0 Å². The molecule has 1 aromatic carbocycles. The second kappa shape index (κ2) is 2.83. The lowest BCUT2D eigenvalue weighted by molar-refractivity contribution is 0.626. The smallest absolute Gasteiger partial charge is 0.141 e. The number of benzene rings is 1. The van der Waals surface area contributed by atoms with Gasteiger partial charge in [0.25, 0.3) is 0 Å². The molecule has 0 spiro atoms. The number of aromatic nitrogens is 1. The second-order valence-electron chi connectivity index (χ2n) is 2.67. The van der Waals surface area contributed by atoms with Crippen LogP contribution in [0.3, 0.4) is 0 Å². The number of pyridine rings is 1. The van der Waals surface area contributed by atoms with Crippen LogP contribution in [-0.2, 0) is 0 Å². The average Bonchev–Trinajstić information content (AvgIpc) is 2.17. The molecule has 0 amide bonds.